The summed E-state index contributed by atoms with van der Waals surface area (Å²) in [6, 6.07) is 2.21. The first-order valence-corrected chi connectivity index (χ1v) is 7.47. The summed E-state index contributed by atoms with van der Waals surface area (Å²) in [5.41, 5.74) is 1.86. The minimum absolute atomic E-state index is 0. The van der Waals surface area contributed by atoms with E-state index in [1.54, 1.807) is 11.3 Å². The first kappa shape index (κ1) is 16.3. The molecule has 1 N–H and O–H groups in total. The fraction of sp³-hybridized carbons (Fsp3) is 0.667. The molecular formula is C12H22ClNS2. The summed E-state index contributed by atoms with van der Waals surface area (Å²) in [7, 11) is 0. The highest BCUT2D eigenvalue weighted by Crippen LogP contribution is 2.14. The highest BCUT2D eigenvalue weighted by atomic mass is 35.5. The van der Waals surface area contributed by atoms with Gasteiger partial charge in [0.05, 0.1) is 0 Å². The smallest absolute Gasteiger partial charge is 0.0193 e. The van der Waals surface area contributed by atoms with Crippen LogP contribution in [-0.2, 0) is 5.75 Å². The van der Waals surface area contributed by atoms with Gasteiger partial charge in [0, 0.05) is 24.6 Å². The van der Waals surface area contributed by atoms with Gasteiger partial charge in [-0.05, 0) is 27.8 Å². The molecule has 0 aromatic carbocycles. The Kier molecular flexibility index (Phi) is 8.56. The van der Waals surface area contributed by atoms with Crippen LogP contribution >= 0.6 is 35.5 Å². The number of hydrogen-bond donors (Lipinski definition) is 1. The summed E-state index contributed by atoms with van der Waals surface area (Å²) in [6.07, 6.45) is 0. The molecule has 0 amide bonds. The van der Waals surface area contributed by atoms with Crippen LogP contribution in [0, 0.1) is 5.41 Å². The monoisotopic (exact) mass is 279 g/mol. The third-order valence-electron chi connectivity index (χ3n) is 1.93. The van der Waals surface area contributed by atoms with E-state index in [1.807, 2.05) is 11.8 Å². The molecule has 0 spiro atoms. The molecule has 0 aliphatic rings. The molecule has 0 fully saturated rings. The van der Waals surface area contributed by atoms with Crippen LogP contribution in [-0.4, -0.2) is 18.8 Å². The van der Waals surface area contributed by atoms with Crippen LogP contribution in [0.1, 0.15) is 26.3 Å². The van der Waals surface area contributed by atoms with Gasteiger partial charge in [-0.1, -0.05) is 20.8 Å². The predicted molar refractivity (Wildman–Crippen MR) is 80.1 cm³/mol. The minimum atomic E-state index is 0. The second kappa shape index (κ2) is 8.40. The van der Waals surface area contributed by atoms with E-state index in [4.69, 9.17) is 0 Å². The summed E-state index contributed by atoms with van der Waals surface area (Å²) in [5.74, 6) is 2.35. The van der Waals surface area contributed by atoms with E-state index in [1.165, 1.54) is 11.3 Å². The van der Waals surface area contributed by atoms with Crippen LogP contribution in [0.15, 0.2) is 16.8 Å². The van der Waals surface area contributed by atoms with Crippen molar-refractivity contribution >= 4 is 35.5 Å². The third-order valence-corrected chi connectivity index (χ3v) is 3.69. The van der Waals surface area contributed by atoms with E-state index in [0.29, 0.717) is 5.41 Å². The lowest BCUT2D eigenvalue weighted by Gasteiger charge is -2.18. The summed E-state index contributed by atoms with van der Waals surface area (Å²) in [4.78, 5) is 0. The number of hydrogen-bond acceptors (Lipinski definition) is 3. The molecular weight excluding hydrogens is 258 g/mol. The van der Waals surface area contributed by atoms with E-state index in [2.05, 4.69) is 42.9 Å². The molecule has 0 saturated heterocycles. The van der Waals surface area contributed by atoms with Gasteiger partial charge >= 0.3 is 0 Å². The predicted octanol–water partition coefficient (Wildman–Crippen LogP) is 4.04. The average Bonchev–Trinajstić information content (AvgIpc) is 2.61. The number of halogens is 1. The molecule has 1 nitrogen and oxygen atoms in total. The lowest BCUT2D eigenvalue weighted by atomic mass is 9.97. The van der Waals surface area contributed by atoms with Gasteiger partial charge in [0.2, 0.25) is 0 Å². The van der Waals surface area contributed by atoms with Gasteiger partial charge in [-0.3, -0.25) is 0 Å². The van der Waals surface area contributed by atoms with Crippen LogP contribution in [0.4, 0.5) is 0 Å². The van der Waals surface area contributed by atoms with E-state index in [0.717, 1.165) is 18.8 Å². The van der Waals surface area contributed by atoms with Gasteiger partial charge in [0.25, 0.3) is 0 Å². The first-order valence-electron chi connectivity index (χ1n) is 5.37. The standard InChI is InChI=1S/C12H21NS2.ClH/c1-12(2,3)10-13-5-7-15-9-11-4-6-14-8-11;/h4,6,8,13H,5,7,9-10H2,1-3H3;1H. The summed E-state index contributed by atoms with van der Waals surface area (Å²) < 4.78 is 0. The molecule has 16 heavy (non-hydrogen) atoms. The summed E-state index contributed by atoms with van der Waals surface area (Å²) in [6.45, 7) is 9.01. The Hall–Kier alpha value is 0.300. The molecule has 1 heterocycles. The lowest BCUT2D eigenvalue weighted by Crippen LogP contribution is -2.28. The van der Waals surface area contributed by atoms with Crippen LogP contribution < -0.4 is 5.32 Å². The zero-order chi connectivity index (χ0) is 11.1. The fourth-order valence-corrected chi connectivity index (χ4v) is 2.79. The van der Waals surface area contributed by atoms with E-state index in [-0.39, 0.29) is 12.4 Å². The van der Waals surface area contributed by atoms with Crippen LogP contribution in [0.2, 0.25) is 0 Å². The molecule has 94 valence electrons. The maximum Gasteiger partial charge on any atom is 0.0193 e. The summed E-state index contributed by atoms with van der Waals surface area (Å²) in [5, 5.41) is 7.87. The van der Waals surface area contributed by atoms with Crippen molar-refractivity contribution in [3.63, 3.8) is 0 Å². The second-order valence-corrected chi connectivity index (χ2v) is 6.81. The normalized spacial score (nSPS) is 11.2. The van der Waals surface area contributed by atoms with Crippen molar-refractivity contribution in [1.82, 2.24) is 5.32 Å². The van der Waals surface area contributed by atoms with Crippen molar-refractivity contribution in [3.8, 4) is 0 Å². The molecule has 1 rings (SSSR count). The Morgan fingerprint density at radius 3 is 2.69 bits per heavy atom. The Bertz CT molecular complexity index is 254. The molecule has 4 heteroatoms. The van der Waals surface area contributed by atoms with Gasteiger partial charge in [-0.2, -0.15) is 23.1 Å². The minimum Gasteiger partial charge on any atom is -0.315 e. The quantitative estimate of drug-likeness (QED) is 0.789. The fourth-order valence-electron chi connectivity index (χ4n) is 1.17. The maximum absolute atomic E-state index is 3.49. The highest BCUT2D eigenvalue weighted by molar-refractivity contribution is 7.98. The molecule has 0 bridgehead atoms. The van der Waals surface area contributed by atoms with Crippen molar-refractivity contribution in [3.05, 3.63) is 22.4 Å². The van der Waals surface area contributed by atoms with E-state index >= 15 is 0 Å². The van der Waals surface area contributed by atoms with Crippen LogP contribution in [0.3, 0.4) is 0 Å². The second-order valence-electron chi connectivity index (χ2n) is 4.92. The van der Waals surface area contributed by atoms with Gasteiger partial charge in [0.1, 0.15) is 0 Å². The molecule has 1 aromatic rings. The highest BCUT2D eigenvalue weighted by Gasteiger charge is 2.08. The Morgan fingerprint density at radius 1 is 1.38 bits per heavy atom. The van der Waals surface area contributed by atoms with Crippen molar-refractivity contribution in [1.29, 1.82) is 0 Å². The Morgan fingerprint density at radius 2 is 2.12 bits per heavy atom. The molecule has 0 aliphatic carbocycles. The van der Waals surface area contributed by atoms with Gasteiger partial charge in [0.15, 0.2) is 0 Å². The zero-order valence-corrected chi connectivity index (χ0v) is 12.7. The van der Waals surface area contributed by atoms with Gasteiger partial charge < -0.3 is 5.32 Å². The van der Waals surface area contributed by atoms with E-state index < -0.39 is 0 Å². The molecule has 0 saturated carbocycles. The van der Waals surface area contributed by atoms with Crippen LogP contribution in [0.25, 0.3) is 0 Å². The van der Waals surface area contributed by atoms with E-state index in [9.17, 15) is 0 Å². The average molecular weight is 280 g/mol. The number of rotatable bonds is 6. The zero-order valence-electron chi connectivity index (χ0n) is 10.3. The molecule has 0 unspecified atom stereocenters. The number of nitrogens with one attached hydrogen (secondary N) is 1. The number of thioether (sulfide) groups is 1. The molecule has 0 radical (unpaired) electrons. The molecule has 0 atom stereocenters. The largest absolute Gasteiger partial charge is 0.315 e. The molecule has 0 aliphatic heterocycles. The Labute approximate surface area is 114 Å². The van der Waals surface area contributed by atoms with Crippen molar-refractivity contribution in [2.45, 2.75) is 26.5 Å². The first-order chi connectivity index (χ1) is 7.08. The van der Waals surface area contributed by atoms with Crippen LogP contribution in [0.5, 0.6) is 0 Å². The van der Waals surface area contributed by atoms with Gasteiger partial charge in [-0.25, -0.2) is 0 Å². The third kappa shape index (κ3) is 8.45. The SMILES string of the molecule is CC(C)(C)CNCCSCc1ccsc1.Cl. The summed E-state index contributed by atoms with van der Waals surface area (Å²) >= 11 is 3.79. The maximum atomic E-state index is 3.49. The van der Waals surface area contributed by atoms with Gasteiger partial charge in [-0.15, -0.1) is 12.4 Å². The van der Waals surface area contributed by atoms with Crippen molar-refractivity contribution in [2.75, 3.05) is 18.8 Å². The number of thiophene rings is 1. The van der Waals surface area contributed by atoms with Crippen molar-refractivity contribution in [2.24, 2.45) is 5.41 Å². The lowest BCUT2D eigenvalue weighted by molar-refractivity contribution is 0.385. The molecule has 1 aromatic heterocycles. The Balaban J connectivity index is 0.00000225. The topological polar surface area (TPSA) is 12.0 Å². The van der Waals surface area contributed by atoms with Crippen molar-refractivity contribution < 1.29 is 0 Å².